The van der Waals surface area contributed by atoms with Gasteiger partial charge in [0.1, 0.15) is 5.76 Å². The third-order valence-corrected chi connectivity index (χ3v) is 4.64. The second kappa shape index (κ2) is 6.65. The molecule has 0 N–H and O–H groups in total. The molecule has 0 amide bonds. The second-order valence-electron chi connectivity index (χ2n) is 6.53. The Morgan fingerprint density at radius 2 is 1.86 bits per heavy atom. The molecule has 0 saturated heterocycles. The van der Waals surface area contributed by atoms with Gasteiger partial charge in [-0.15, -0.1) is 0 Å². The SMILES string of the molecule is Cc1noc(C)c1CN(C)Cc1cc(C2CCCCC2)no1. The quantitative estimate of drug-likeness (QED) is 0.837. The molecule has 3 rings (SSSR count). The number of hydrogen-bond acceptors (Lipinski definition) is 5. The molecule has 1 aliphatic carbocycles. The van der Waals surface area contributed by atoms with Gasteiger partial charge in [-0.25, -0.2) is 0 Å². The molecule has 0 aliphatic heterocycles. The van der Waals surface area contributed by atoms with Crippen LogP contribution in [0.15, 0.2) is 15.1 Å². The van der Waals surface area contributed by atoms with E-state index in [4.69, 9.17) is 9.05 Å². The lowest BCUT2D eigenvalue weighted by Crippen LogP contribution is -2.17. The zero-order valence-corrected chi connectivity index (χ0v) is 13.8. The van der Waals surface area contributed by atoms with Crippen LogP contribution in [0.3, 0.4) is 0 Å². The molecule has 0 bridgehead atoms. The summed E-state index contributed by atoms with van der Waals surface area (Å²) >= 11 is 0. The van der Waals surface area contributed by atoms with Gasteiger partial charge >= 0.3 is 0 Å². The number of hydrogen-bond donors (Lipinski definition) is 0. The van der Waals surface area contributed by atoms with Crippen molar-refractivity contribution in [1.29, 1.82) is 0 Å². The van der Waals surface area contributed by atoms with E-state index in [9.17, 15) is 0 Å². The van der Waals surface area contributed by atoms with Crippen molar-refractivity contribution in [3.63, 3.8) is 0 Å². The minimum atomic E-state index is 0.596. The van der Waals surface area contributed by atoms with Crippen LogP contribution in [0, 0.1) is 13.8 Å². The van der Waals surface area contributed by atoms with E-state index in [2.05, 4.69) is 28.3 Å². The minimum absolute atomic E-state index is 0.596. The Bertz CT molecular complexity index is 592. The highest BCUT2D eigenvalue weighted by molar-refractivity contribution is 5.20. The molecule has 1 fully saturated rings. The van der Waals surface area contributed by atoms with Crippen molar-refractivity contribution in [3.8, 4) is 0 Å². The lowest BCUT2D eigenvalue weighted by Gasteiger charge is -2.18. The van der Waals surface area contributed by atoms with Crippen LogP contribution in [0.1, 0.15) is 66.5 Å². The largest absolute Gasteiger partial charge is 0.361 e. The molecule has 5 nitrogen and oxygen atoms in total. The van der Waals surface area contributed by atoms with E-state index in [0.717, 1.165) is 41.6 Å². The fourth-order valence-corrected chi connectivity index (χ4v) is 3.31. The lowest BCUT2D eigenvalue weighted by molar-refractivity contribution is 0.262. The average molecular weight is 303 g/mol. The molecule has 0 unspecified atom stereocenters. The van der Waals surface area contributed by atoms with Gasteiger partial charge in [0.25, 0.3) is 0 Å². The predicted octanol–water partition coefficient (Wildman–Crippen LogP) is 3.96. The number of rotatable bonds is 5. The number of aromatic nitrogens is 2. The Morgan fingerprint density at radius 1 is 1.09 bits per heavy atom. The Hall–Kier alpha value is -1.62. The van der Waals surface area contributed by atoms with Gasteiger partial charge in [-0.3, -0.25) is 4.90 Å². The Balaban J connectivity index is 1.60. The summed E-state index contributed by atoms with van der Waals surface area (Å²) in [5.74, 6) is 2.43. The van der Waals surface area contributed by atoms with Crippen LogP contribution in [-0.4, -0.2) is 22.3 Å². The molecule has 0 spiro atoms. The summed E-state index contributed by atoms with van der Waals surface area (Å²) in [6, 6.07) is 2.14. The van der Waals surface area contributed by atoms with Gasteiger partial charge in [-0.2, -0.15) is 0 Å². The third kappa shape index (κ3) is 3.40. The van der Waals surface area contributed by atoms with Gasteiger partial charge in [0, 0.05) is 24.1 Å². The van der Waals surface area contributed by atoms with E-state index < -0.39 is 0 Å². The normalized spacial score (nSPS) is 16.5. The van der Waals surface area contributed by atoms with Crippen LogP contribution < -0.4 is 0 Å². The maximum absolute atomic E-state index is 5.54. The molecule has 5 heteroatoms. The molecular formula is C17H25N3O2. The van der Waals surface area contributed by atoms with Crippen LogP contribution in [-0.2, 0) is 13.1 Å². The van der Waals surface area contributed by atoms with Crippen molar-refractivity contribution in [3.05, 3.63) is 34.5 Å². The van der Waals surface area contributed by atoms with E-state index in [0.29, 0.717) is 5.92 Å². The Morgan fingerprint density at radius 3 is 2.55 bits per heavy atom. The summed E-state index contributed by atoms with van der Waals surface area (Å²) in [5, 5.41) is 8.30. The summed E-state index contributed by atoms with van der Waals surface area (Å²) in [6.07, 6.45) is 6.50. The van der Waals surface area contributed by atoms with Crippen molar-refractivity contribution >= 4 is 0 Å². The van der Waals surface area contributed by atoms with E-state index in [1.54, 1.807) is 0 Å². The molecule has 0 atom stereocenters. The molecule has 2 aromatic rings. The van der Waals surface area contributed by atoms with Gasteiger partial charge < -0.3 is 9.05 Å². The smallest absolute Gasteiger partial charge is 0.150 e. The molecule has 2 heterocycles. The maximum Gasteiger partial charge on any atom is 0.150 e. The minimum Gasteiger partial charge on any atom is -0.361 e. The van der Waals surface area contributed by atoms with Gasteiger partial charge in [-0.1, -0.05) is 29.6 Å². The van der Waals surface area contributed by atoms with Gasteiger partial charge in [-0.05, 0) is 33.7 Å². The highest BCUT2D eigenvalue weighted by Crippen LogP contribution is 2.32. The highest BCUT2D eigenvalue weighted by Gasteiger charge is 2.20. The molecule has 0 aromatic carbocycles. The fraction of sp³-hybridized carbons (Fsp3) is 0.647. The zero-order chi connectivity index (χ0) is 15.5. The first kappa shape index (κ1) is 15.3. The van der Waals surface area contributed by atoms with Crippen molar-refractivity contribution in [2.24, 2.45) is 0 Å². The summed E-state index contributed by atoms with van der Waals surface area (Å²) in [5.41, 5.74) is 3.26. The molecule has 22 heavy (non-hydrogen) atoms. The van der Waals surface area contributed by atoms with E-state index >= 15 is 0 Å². The summed E-state index contributed by atoms with van der Waals surface area (Å²) in [7, 11) is 2.08. The molecule has 1 aliphatic rings. The van der Waals surface area contributed by atoms with Crippen LogP contribution in [0.4, 0.5) is 0 Å². The van der Waals surface area contributed by atoms with Crippen LogP contribution >= 0.6 is 0 Å². The average Bonchev–Trinajstić information content (AvgIpc) is 3.10. The maximum atomic E-state index is 5.54. The first-order valence-electron chi connectivity index (χ1n) is 8.19. The van der Waals surface area contributed by atoms with E-state index in [1.165, 1.54) is 32.1 Å². The van der Waals surface area contributed by atoms with Crippen molar-refractivity contribution in [1.82, 2.24) is 15.2 Å². The van der Waals surface area contributed by atoms with Crippen LogP contribution in [0.25, 0.3) is 0 Å². The molecule has 2 aromatic heterocycles. The van der Waals surface area contributed by atoms with Crippen molar-refractivity contribution in [2.45, 2.75) is 65.0 Å². The zero-order valence-electron chi connectivity index (χ0n) is 13.8. The van der Waals surface area contributed by atoms with Crippen molar-refractivity contribution < 1.29 is 9.05 Å². The summed E-state index contributed by atoms with van der Waals surface area (Å²) in [4.78, 5) is 2.21. The van der Waals surface area contributed by atoms with Crippen LogP contribution in [0.5, 0.6) is 0 Å². The van der Waals surface area contributed by atoms with E-state index in [1.807, 2.05) is 13.8 Å². The number of nitrogens with zero attached hydrogens (tertiary/aromatic N) is 3. The monoisotopic (exact) mass is 303 g/mol. The first-order chi connectivity index (χ1) is 10.6. The molecular weight excluding hydrogens is 278 g/mol. The van der Waals surface area contributed by atoms with Crippen molar-refractivity contribution in [2.75, 3.05) is 7.05 Å². The fourth-order valence-electron chi connectivity index (χ4n) is 3.31. The highest BCUT2D eigenvalue weighted by atomic mass is 16.5. The van der Waals surface area contributed by atoms with Gasteiger partial charge in [0.2, 0.25) is 0 Å². The van der Waals surface area contributed by atoms with E-state index in [-0.39, 0.29) is 0 Å². The molecule has 0 radical (unpaired) electrons. The summed E-state index contributed by atoms with van der Waals surface area (Å²) in [6.45, 7) is 5.50. The summed E-state index contributed by atoms with van der Waals surface area (Å²) < 4.78 is 10.8. The number of aryl methyl sites for hydroxylation is 2. The standard InChI is InChI=1S/C17H25N3O2/c1-12-16(13(2)21-18-12)11-20(3)10-15-9-17(19-22-15)14-7-5-4-6-8-14/h9,14H,4-8,10-11H2,1-3H3. The third-order valence-electron chi connectivity index (χ3n) is 4.64. The Kier molecular flexibility index (Phi) is 4.62. The first-order valence-corrected chi connectivity index (χ1v) is 8.19. The topological polar surface area (TPSA) is 55.3 Å². The van der Waals surface area contributed by atoms with Crippen LogP contribution in [0.2, 0.25) is 0 Å². The van der Waals surface area contributed by atoms with Gasteiger partial charge in [0.05, 0.1) is 17.9 Å². The lowest BCUT2D eigenvalue weighted by atomic mass is 9.87. The van der Waals surface area contributed by atoms with Gasteiger partial charge in [0.15, 0.2) is 5.76 Å². The molecule has 1 saturated carbocycles. The Labute approximate surface area is 131 Å². The molecule has 120 valence electrons. The second-order valence-corrected chi connectivity index (χ2v) is 6.53. The predicted molar refractivity (Wildman–Crippen MR) is 83.5 cm³/mol.